The largest absolute Gasteiger partial charge is 0.475 e. The van der Waals surface area contributed by atoms with Gasteiger partial charge in [-0.15, -0.1) is 0 Å². The average molecular weight is 450 g/mol. The van der Waals surface area contributed by atoms with E-state index in [1.807, 2.05) is 0 Å². The number of sulfonamides is 1. The number of hydrogen-bond acceptors (Lipinski definition) is 5. The second kappa shape index (κ2) is 7.31. The summed E-state index contributed by atoms with van der Waals surface area (Å²) in [6.45, 7) is 2.48. The number of carboxylic acid groups (broad SMARTS) is 1. The first-order valence-electron chi connectivity index (χ1n) is 9.48. The first kappa shape index (κ1) is 21.3. The summed E-state index contributed by atoms with van der Waals surface area (Å²) in [5.74, 6) is -4.17. The van der Waals surface area contributed by atoms with Crippen molar-refractivity contribution < 1.29 is 31.5 Å². The van der Waals surface area contributed by atoms with Crippen molar-refractivity contribution >= 4 is 32.6 Å². The van der Waals surface area contributed by atoms with Crippen molar-refractivity contribution in [2.75, 3.05) is 18.0 Å². The standard InChI is InChI=1S/C21H20F2N2O5S/c1-12-17-9-16(6-7-18(17)30-19(12)20(26)27)31(28,29)24-13(2)14-4-3-5-15(8-14)25-10-21(22,23)11-25/h3-9,13,24H,10-11H2,1-2H3,(H,26,27). The summed E-state index contributed by atoms with van der Waals surface area (Å²) >= 11 is 0. The highest BCUT2D eigenvalue weighted by atomic mass is 32.2. The monoisotopic (exact) mass is 450 g/mol. The first-order valence-corrected chi connectivity index (χ1v) is 11.0. The summed E-state index contributed by atoms with van der Waals surface area (Å²) in [7, 11) is -3.94. The van der Waals surface area contributed by atoms with Crippen molar-refractivity contribution in [2.24, 2.45) is 0 Å². The van der Waals surface area contributed by atoms with Crippen LogP contribution >= 0.6 is 0 Å². The number of benzene rings is 2. The molecule has 31 heavy (non-hydrogen) atoms. The Kier molecular flexibility index (Phi) is 5.01. The molecule has 1 aromatic heterocycles. The molecule has 1 atom stereocenters. The Morgan fingerprint density at radius 1 is 1.23 bits per heavy atom. The predicted octanol–water partition coefficient (Wildman–Crippen LogP) is 3.93. The number of furan rings is 1. The third kappa shape index (κ3) is 4.00. The summed E-state index contributed by atoms with van der Waals surface area (Å²) in [6, 6.07) is 10.3. The molecule has 1 aliphatic rings. The zero-order valence-electron chi connectivity index (χ0n) is 16.7. The fraction of sp³-hybridized carbons (Fsp3) is 0.286. The number of nitrogens with one attached hydrogen (secondary N) is 1. The number of nitrogens with zero attached hydrogens (tertiary/aromatic N) is 1. The van der Waals surface area contributed by atoms with Crippen molar-refractivity contribution in [3.05, 3.63) is 59.4 Å². The molecular formula is C21H20F2N2O5S. The van der Waals surface area contributed by atoms with Gasteiger partial charge in [-0.2, -0.15) is 0 Å². The van der Waals surface area contributed by atoms with Crippen molar-refractivity contribution in [2.45, 2.75) is 30.7 Å². The van der Waals surface area contributed by atoms with E-state index in [0.29, 0.717) is 22.2 Å². The second-order valence-electron chi connectivity index (χ2n) is 7.67. The predicted molar refractivity (Wildman–Crippen MR) is 110 cm³/mol. The van der Waals surface area contributed by atoms with Gasteiger partial charge in [-0.3, -0.25) is 0 Å². The summed E-state index contributed by atoms with van der Waals surface area (Å²) in [4.78, 5) is 12.7. The highest BCUT2D eigenvalue weighted by Crippen LogP contribution is 2.33. The van der Waals surface area contributed by atoms with E-state index in [4.69, 9.17) is 4.42 Å². The van der Waals surface area contributed by atoms with Gasteiger partial charge in [0.05, 0.1) is 18.0 Å². The number of aryl methyl sites for hydroxylation is 1. The molecule has 0 spiro atoms. The van der Waals surface area contributed by atoms with Gasteiger partial charge in [0.25, 0.3) is 5.92 Å². The molecule has 3 aromatic rings. The summed E-state index contributed by atoms with van der Waals surface area (Å²) in [5.41, 5.74) is 1.85. The van der Waals surface area contributed by atoms with Crippen molar-refractivity contribution in [1.82, 2.24) is 4.72 Å². The van der Waals surface area contributed by atoms with Crippen molar-refractivity contribution in [3.63, 3.8) is 0 Å². The van der Waals surface area contributed by atoms with Crippen LogP contribution in [0.2, 0.25) is 0 Å². The fourth-order valence-electron chi connectivity index (χ4n) is 3.63. The lowest BCUT2D eigenvalue weighted by molar-refractivity contribution is -0.0262. The number of fused-ring (bicyclic) bond motifs is 1. The Morgan fingerprint density at radius 3 is 2.58 bits per heavy atom. The SMILES string of the molecule is Cc1c(C(=O)O)oc2ccc(S(=O)(=O)NC(C)c3cccc(N4CC(F)(F)C4)c3)cc12. The zero-order valence-corrected chi connectivity index (χ0v) is 17.5. The quantitative estimate of drug-likeness (QED) is 0.590. The third-order valence-corrected chi connectivity index (χ3v) is 6.86. The molecule has 2 heterocycles. The van der Waals surface area contributed by atoms with Crippen LogP contribution in [-0.2, 0) is 10.0 Å². The van der Waals surface area contributed by atoms with E-state index in [0.717, 1.165) is 0 Å². The number of anilines is 1. The maximum absolute atomic E-state index is 13.2. The third-order valence-electron chi connectivity index (χ3n) is 5.32. The van der Waals surface area contributed by atoms with Gasteiger partial charge in [-0.05, 0) is 49.7 Å². The van der Waals surface area contributed by atoms with E-state index in [2.05, 4.69) is 4.72 Å². The number of rotatable bonds is 6. The van der Waals surface area contributed by atoms with Gasteiger partial charge >= 0.3 is 5.97 Å². The molecule has 0 radical (unpaired) electrons. The summed E-state index contributed by atoms with van der Waals surface area (Å²) in [5, 5.41) is 9.58. The fourth-order valence-corrected chi connectivity index (χ4v) is 4.88. The smallest absolute Gasteiger partial charge is 0.372 e. The Balaban J connectivity index is 1.57. The van der Waals surface area contributed by atoms with Crippen LogP contribution in [0.3, 0.4) is 0 Å². The molecule has 0 aliphatic carbocycles. The molecular weight excluding hydrogens is 430 g/mol. The van der Waals surface area contributed by atoms with Crippen LogP contribution in [0.25, 0.3) is 11.0 Å². The minimum absolute atomic E-state index is 0.0359. The molecule has 1 unspecified atom stereocenters. The van der Waals surface area contributed by atoms with Gasteiger partial charge in [0, 0.05) is 22.7 Å². The normalized spacial score (nSPS) is 16.8. The van der Waals surface area contributed by atoms with E-state index < -0.39 is 28.0 Å². The number of carbonyl (C=O) groups is 1. The molecule has 1 saturated heterocycles. The molecule has 1 fully saturated rings. The van der Waals surface area contributed by atoms with Gasteiger partial charge in [0.1, 0.15) is 5.58 Å². The lowest BCUT2D eigenvalue weighted by Gasteiger charge is -2.40. The number of carboxylic acids is 1. The van der Waals surface area contributed by atoms with Gasteiger partial charge in [-0.1, -0.05) is 12.1 Å². The number of alkyl halides is 2. The lowest BCUT2D eigenvalue weighted by atomic mass is 10.1. The van der Waals surface area contributed by atoms with E-state index in [9.17, 15) is 27.1 Å². The van der Waals surface area contributed by atoms with Gasteiger partial charge in [0.2, 0.25) is 15.8 Å². The van der Waals surface area contributed by atoms with Crippen LogP contribution in [0, 0.1) is 6.92 Å². The van der Waals surface area contributed by atoms with Crippen LogP contribution < -0.4 is 9.62 Å². The maximum atomic E-state index is 13.2. The number of halogens is 2. The van der Waals surface area contributed by atoms with Crippen LogP contribution in [0.15, 0.2) is 51.8 Å². The highest BCUT2D eigenvalue weighted by molar-refractivity contribution is 7.89. The van der Waals surface area contributed by atoms with Crippen LogP contribution in [-0.4, -0.2) is 38.5 Å². The van der Waals surface area contributed by atoms with Crippen molar-refractivity contribution in [1.29, 1.82) is 0 Å². The molecule has 0 amide bonds. The molecule has 2 aromatic carbocycles. The lowest BCUT2D eigenvalue weighted by Crippen LogP contribution is -2.56. The molecule has 7 nitrogen and oxygen atoms in total. The van der Waals surface area contributed by atoms with Crippen LogP contribution in [0.5, 0.6) is 0 Å². The Bertz CT molecular complexity index is 1280. The van der Waals surface area contributed by atoms with E-state index in [-0.39, 0.29) is 29.3 Å². The number of hydrogen-bond donors (Lipinski definition) is 2. The molecule has 4 rings (SSSR count). The minimum Gasteiger partial charge on any atom is -0.475 e. The van der Waals surface area contributed by atoms with Crippen LogP contribution in [0.1, 0.15) is 34.6 Å². The van der Waals surface area contributed by atoms with E-state index in [1.165, 1.54) is 23.1 Å². The minimum atomic E-state index is -3.94. The Labute approximate surface area is 177 Å². The highest BCUT2D eigenvalue weighted by Gasteiger charge is 2.43. The van der Waals surface area contributed by atoms with Gasteiger partial charge in [0.15, 0.2) is 0 Å². The Hall–Kier alpha value is -2.98. The van der Waals surface area contributed by atoms with E-state index >= 15 is 0 Å². The first-order chi connectivity index (χ1) is 14.5. The van der Waals surface area contributed by atoms with E-state index in [1.54, 1.807) is 38.1 Å². The maximum Gasteiger partial charge on any atom is 0.372 e. The zero-order chi connectivity index (χ0) is 22.6. The van der Waals surface area contributed by atoms with Crippen molar-refractivity contribution in [3.8, 4) is 0 Å². The molecule has 0 saturated carbocycles. The van der Waals surface area contributed by atoms with Gasteiger partial charge < -0.3 is 14.4 Å². The second-order valence-corrected chi connectivity index (χ2v) is 9.38. The molecule has 1 aliphatic heterocycles. The average Bonchev–Trinajstić information content (AvgIpc) is 3.02. The molecule has 0 bridgehead atoms. The molecule has 10 heteroatoms. The van der Waals surface area contributed by atoms with Gasteiger partial charge in [-0.25, -0.2) is 26.7 Å². The summed E-state index contributed by atoms with van der Waals surface area (Å²) < 4.78 is 60.0. The topological polar surface area (TPSA) is 99.8 Å². The molecule has 164 valence electrons. The molecule has 2 N–H and O–H groups in total. The van der Waals surface area contributed by atoms with Crippen LogP contribution in [0.4, 0.5) is 14.5 Å². The number of aromatic carboxylic acids is 1. The Morgan fingerprint density at radius 2 is 1.94 bits per heavy atom. The summed E-state index contributed by atoms with van der Waals surface area (Å²) in [6.07, 6.45) is 0.